The molecule has 0 N–H and O–H groups in total. The Labute approximate surface area is 51.6 Å². The zero-order valence-corrected chi connectivity index (χ0v) is 5.78. The molecule has 0 bridgehead atoms. The summed E-state index contributed by atoms with van der Waals surface area (Å²) >= 11 is 0. The van der Waals surface area contributed by atoms with E-state index >= 15 is 0 Å². The lowest BCUT2D eigenvalue weighted by atomic mass is 10.1. The lowest BCUT2D eigenvalue weighted by Crippen LogP contribution is -1.83. The van der Waals surface area contributed by atoms with E-state index in [0.717, 1.165) is 5.92 Å². The lowest BCUT2D eigenvalue weighted by molar-refractivity contribution is 0.622. The van der Waals surface area contributed by atoms with Crippen molar-refractivity contribution in [3.63, 3.8) is 0 Å². The number of allylic oxidation sites excluding steroid dienone is 2. The van der Waals surface area contributed by atoms with Crippen molar-refractivity contribution >= 4 is 0 Å². The van der Waals surface area contributed by atoms with Crippen molar-refractivity contribution in [1.82, 2.24) is 0 Å². The second kappa shape index (κ2) is 2.34. The lowest BCUT2D eigenvalue weighted by Gasteiger charge is -1.97. The molecule has 0 heteroatoms. The molecule has 0 aromatic heterocycles. The Morgan fingerprint density at radius 3 is 2.75 bits per heavy atom. The van der Waals surface area contributed by atoms with Gasteiger partial charge in [-0.1, -0.05) is 25.5 Å². The molecule has 0 aliphatic heterocycles. The highest BCUT2D eigenvalue weighted by atomic mass is 14.1. The molecule has 0 nitrogen and oxygen atoms in total. The highest BCUT2D eigenvalue weighted by Gasteiger charge is 2.09. The van der Waals surface area contributed by atoms with E-state index < -0.39 is 0 Å². The first-order chi connectivity index (χ1) is 3.83. The van der Waals surface area contributed by atoms with Gasteiger partial charge in [-0.2, -0.15) is 0 Å². The number of hydrogen-bond donors (Lipinski definition) is 0. The van der Waals surface area contributed by atoms with E-state index in [-0.39, 0.29) is 0 Å². The molecule has 0 aromatic carbocycles. The second-order valence-corrected chi connectivity index (χ2v) is 2.76. The Morgan fingerprint density at radius 2 is 2.50 bits per heavy atom. The van der Waals surface area contributed by atoms with Crippen LogP contribution < -0.4 is 0 Å². The SMILES string of the molecule is CCC1=CC[C@H](C)C1. The molecule has 1 rings (SSSR count). The molecule has 46 valence electrons. The van der Waals surface area contributed by atoms with Crippen LogP contribution in [0.3, 0.4) is 0 Å². The molecule has 0 amide bonds. The van der Waals surface area contributed by atoms with Crippen LogP contribution in [0.5, 0.6) is 0 Å². The molecule has 1 aliphatic carbocycles. The van der Waals surface area contributed by atoms with Crippen LogP contribution in [0.15, 0.2) is 11.6 Å². The minimum atomic E-state index is 0.935. The van der Waals surface area contributed by atoms with Crippen molar-refractivity contribution in [1.29, 1.82) is 0 Å². The first-order valence-corrected chi connectivity index (χ1v) is 3.50. The van der Waals surface area contributed by atoms with Crippen molar-refractivity contribution in [2.45, 2.75) is 33.1 Å². The molecular weight excluding hydrogens is 96.1 g/mol. The fourth-order valence-electron chi connectivity index (χ4n) is 1.27. The van der Waals surface area contributed by atoms with Gasteiger partial charge in [-0.3, -0.25) is 0 Å². The van der Waals surface area contributed by atoms with Gasteiger partial charge in [0, 0.05) is 0 Å². The van der Waals surface area contributed by atoms with Gasteiger partial charge in [-0.15, -0.1) is 0 Å². The van der Waals surface area contributed by atoms with Crippen molar-refractivity contribution in [2.75, 3.05) is 0 Å². The topological polar surface area (TPSA) is 0 Å². The minimum absolute atomic E-state index is 0.935. The second-order valence-electron chi connectivity index (χ2n) is 2.76. The van der Waals surface area contributed by atoms with E-state index in [2.05, 4.69) is 19.9 Å². The monoisotopic (exact) mass is 110 g/mol. The van der Waals surface area contributed by atoms with Crippen LogP contribution in [0.1, 0.15) is 33.1 Å². The summed E-state index contributed by atoms with van der Waals surface area (Å²) in [6, 6.07) is 0. The average molecular weight is 110 g/mol. The molecular formula is C8H14. The summed E-state index contributed by atoms with van der Waals surface area (Å²) in [5.74, 6) is 0.935. The zero-order chi connectivity index (χ0) is 5.98. The third-order valence-corrected chi connectivity index (χ3v) is 1.87. The van der Waals surface area contributed by atoms with E-state index in [1.807, 2.05) is 0 Å². The van der Waals surface area contributed by atoms with Crippen LogP contribution in [0, 0.1) is 5.92 Å². The van der Waals surface area contributed by atoms with Gasteiger partial charge in [0.15, 0.2) is 0 Å². The maximum Gasteiger partial charge on any atom is -0.0292 e. The first kappa shape index (κ1) is 5.87. The molecule has 0 saturated heterocycles. The molecule has 1 atom stereocenters. The van der Waals surface area contributed by atoms with Gasteiger partial charge in [-0.25, -0.2) is 0 Å². The molecule has 0 spiro atoms. The molecule has 0 heterocycles. The van der Waals surface area contributed by atoms with Crippen molar-refractivity contribution < 1.29 is 0 Å². The van der Waals surface area contributed by atoms with Crippen LogP contribution in [0.4, 0.5) is 0 Å². The normalized spacial score (nSPS) is 28.2. The molecule has 8 heavy (non-hydrogen) atoms. The largest absolute Gasteiger partial charge is 0.0851 e. The first-order valence-electron chi connectivity index (χ1n) is 3.50. The van der Waals surface area contributed by atoms with Gasteiger partial charge >= 0.3 is 0 Å². The zero-order valence-electron chi connectivity index (χ0n) is 5.78. The maximum atomic E-state index is 2.39. The molecule has 0 fully saturated rings. The van der Waals surface area contributed by atoms with Crippen LogP contribution in [0.2, 0.25) is 0 Å². The quantitative estimate of drug-likeness (QED) is 0.455. The van der Waals surface area contributed by atoms with Gasteiger partial charge in [0.25, 0.3) is 0 Å². The predicted molar refractivity (Wildman–Crippen MR) is 36.8 cm³/mol. The smallest absolute Gasteiger partial charge is 0.0292 e. The summed E-state index contributed by atoms with van der Waals surface area (Å²) in [4.78, 5) is 0. The van der Waals surface area contributed by atoms with Gasteiger partial charge in [0.2, 0.25) is 0 Å². The summed E-state index contributed by atoms with van der Waals surface area (Å²) in [5.41, 5.74) is 1.66. The van der Waals surface area contributed by atoms with Gasteiger partial charge in [-0.05, 0) is 25.2 Å². The van der Waals surface area contributed by atoms with Crippen molar-refractivity contribution in [3.8, 4) is 0 Å². The fraction of sp³-hybridized carbons (Fsp3) is 0.750. The Morgan fingerprint density at radius 1 is 1.75 bits per heavy atom. The Bertz CT molecular complexity index is 101. The number of rotatable bonds is 1. The van der Waals surface area contributed by atoms with Crippen LogP contribution in [-0.4, -0.2) is 0 Å². The van der Waals surface area contributed by atoms with Crippen LogP contribution in [-0.2, 0) is 0 Å². The van der Waals surface area contributed by atoms with Crippen molar-refractivity contribution in [2.24, 2.45) is 5.92 Å². The van der Waals surface area contributed by atoms with Crippen molar-refractivity contribution in [3.05, 3.63) is 11.6 Å². The Hall–Kier alpha value is -0.260. The third kappa shape index (κ3) is 1.12. The van der Waals surface area contributed by atoms with E-state index in [0.29, 0.717) is 0 Å². The molecule has 0 radical (unpaired) electrons. The van der Waals surface area contributed by atoms with Crippen LogP contribution in [0.25, 0.3) is 0 Å². The van der Waals surface area contributed by atoms with E-state index in [4.69, 9.17) is 0 Å². The van der Waals surface area contributed by atoms with E-state index in [1.54, 1.807) is 5.57 Å². The van der Waals surface area contributed by atoms with E-state index in [1.165, 1.54) is 19.3 Å². The summed E-state index contributed by atoms with van der Waals surface area (Å²) < 4.78 is 0. The van der Waals surface area contributed by atoms with Gasteiger partial charge in [0.05, 0.1) is 0 Å². The van der Waals surface area contributed by atoms with E-state index in [9.17, 15) is 0 Å². The number of hydrogen-bond acceptors (Lipinski definition) is 0. The Kier molecular flexibility index (Phi) is 1.72. The van der Waals surface area contributed by atoms with Gasteiger partial charge < -0.3 is 0 Å². The minimum Gasteiger partial charge on any atom is -0.0851 e. The average Bonchev–Trinajstić information content (AvgIpc) is 2.14. The van der Waals surface area contributed by atoms with Crippen LogP contribution >= 0.6 is 0 Å². The third-order valence-electron chi connectivity index (χ3n) is 1.87. The Balaban J connectivity index is 2.37. The summed E-state index contributed by atoms with van der Waals surface area (Å²) in [6.45, 7) is 4.56. The fourth-order valence-corrected chi connectivity index (χ4v) is 1.27. The summed E-state index contributed by atoms with van der Waals surface area (Å²) in [5, 5.41) is 0. The predicted octanol–water partition coefficient (Wildman–Crippen LogP) is 2.75. The molecule has 0 unspecified atom stereocenters. The highest BCUT2D eigenvalue weighted by Crippen LogP contribution is 2.25. The highest BCUT2D eigenvalue weighted by molar-refractivity contribution is 5.08. The van der Waals surface area contributed by atoms with Gasteiger partial charge in [0.1, 0.15) is 0 Å². The summed E-state index contributed by atoms with van der Waals surface area (Å²) in [6.07, 6.45) is 6.34. The molecule has 0 aromatic rings. The molecule has 1 aliphatic rings. The summed E-state index contributed by atoms with van der Waals surface area (Å²) in [7, 11) is 0. The standard InChI is InChI=1S/C8H14/c1-3-8-5-4-7(2)6-8/h5,7H,3-4,6H2,1-2H3/t7-/m0/s1. The maximum absolute atomic E-state index is 2.39. The molecule has 0 saturated carbocycles.